The number of para-hydroxylation sites is 2. The number of nitrogens with zero attached hydrogens (tertiary/aromatic N) is 4. The molecule has 55 heavy (non-hydrogen) atoms. The van der Waals surface area contributed by atoms with Gasteiger partial charge in [-0.3, -0.25) is 19.2 Å². The van der Waals surface area contributed by atoms with Gasteiger partial charge in [0.25, 0.3) is 11.8 Å². The number of likely N-dealkylation sites (tertiary alicyclic amines) is 2. The lowest BCUT2D eigenvalue weighted by molar-refractivity contribution is -0.117. The number of carbonyl (C=O) groups is 4. The molecule has 0 bridgehead atoms. The van der Waals surface area contributed by atoms with Crippen LogP contribution in [0, 0.1) is 0 Å². The zero-order chi connectivity index (χ0) is 38.3. The second kappa shape index (κ2) is 16.7. The summed E-state index contributed by atoms with van der Waals surface area (Å²) in [6.45, 7) is 1.18. The molecule has 2 fully saturated rings. The van der Waals surface area contributed by atoms with E-state index < -0.39 is 0 Å². The van der Waals surface area contributed by atoms with Crippen LogP contribution in [0.1, 0.15) is 59.2 Å². The molecule has 2 N–H and O–H groups in total. The molecule has 13 nitrogen and oxygen atoms in total. The molecule has 7 rings (SSSR count). The van der Waals surface area contributed by atoms with Gasteiger partial charge in [0.05, 0.1) is 25.3 Å². The molecule has 4 amide bonds. The Bertz CT molecular complexity index is 2020. The van der Waals surface area contributed by atoms with E-state index in [9.17, 15) is 19.2 Å². The molecule has 2 atom stereocenters. The number of ether oxygens (including phenoxy) is 2. The number of methoxy groups -OCH3 is 2. The molecular weight excluding hydrogens is 700 g/mol. The van der Waals surface area contributed by atoms with Crippen molar-refractivity contribution in [1.29, 1.82) is 0 Å². The summed E-state index contributed by atoms with van der Waals surface area (Å²) in [4.78, 5) is 56.1. The second-order valence-electron chi connectivity index (χ2n) is 13.6. The van der Waals surface area contributed by atoms with E-state index >= 15 is 0 Å². The van der Waals surface area contributed by atoms with E-state index in [0.717, 1.165) is 25.7 Å². The molecule has 0 radical (unpaired) electrons. The van der Waals surface area contributed by atoms with Crippen molar-refractivity contribution in [2.45, 2.75) is 50.6 Å². The highest BCUT2D eigenvalue weighted by Crippen LogP contribution is 2.30. The standard InChI is InChI=1S/C42H42N6O7/c1-53-35-13-5-3-11-33(35)41(51)47-23-7-9-31(47)25-37(49)43-29-19-15-27(16-20-29)39-45-46-40(55-39)28-17-21-30(22-18-28)44-38(50)26-32-10-8-24-48(32)42(52)34-12-4-6-14-36(34)54-2/h3-6,11-22,31-32H,7-10,23-26H2,1-2H3,(H,43,49)(H,44,50)/t31-,32-/m0/s1. The van der Waals surface area contributed by atoms with Gasteiger partial charge in [0.2, 0.25) is 23.6 Å². The van der Waals surface area contributed by atoms with Crippen LogP contribution in [-0.2, 0) is 9.59 Å². The highest BCUT2D eigenvalue weighted by molar-refractivity contribution is 5.99. The van der Waals surface area contributed by atoms with Crippen molar-refractivity contribution in [2.75, 3.05) is 37.9 Å². The number of rotatable bonds is 12. The number of aromatic nitrogens is 2. The third-order valence-corrected chi connectivity index (χ3v) is 10.0. The maximum Gasteiger partial charge on any atom is 0.257 e. The Morgan fingerprint density at radius 2 is 1.02 bits per heavy atom. The summed E-state index contributed by atoms with van der Waals surface area (Å²) in [5.74, 6) is 1.01. The number of hydrogen-bond donors (Lipinski definition) is 2. The monoisotopic (exact) mass is 742 g/mol. The fourth-order valence-corrected chi connectivity index (χ4v) is 7.28. The lowest BCUT2D eigenvalue weighted by Gasteiger charge is -2.25. The van der Waals surface area contributed by atoms with Crippen molar-refractivity contribution >= 4 is 35.0 Å². The third-order valence-electron chi connectivity index (χ3n) is 10.0. The van der Waals surface area contributed by atoms with Crippen molar-refractivity contribution in [3.05, 3.63) is 108 Å². The quantitative estimate of drug-likeness (QED) is 0.142. The molecule has 2 aliphatic heterocycles. The Hall–Kier alpha value is -6.50. The Morgan fingerprint density at radius 3 is 1.42 bits per heavy atom. The first-order valence-electron chi connectivity index (χ1n) is 18.3. The number of hydrogen-bond acceptors (Lipinski definition) is 9. The van der Waals surface area contributed by atoms with E-state index in [1.165, 1.54) is 14.2 Å². The van der Waals surface area contributed by atoms with Gasteiger partial charge in [-0.05, 0) is 98.5 Å². The zero-order valence-corrected chi connectivity index (χ0v) is 30.7. The van der Waals surface area contributed by atoms with Gasteiger partial charge in [0.1, 0.15) is 11.5 Å². The molecule has 2 saturated heterocycles. The largest absolute Gasteiger partial charge is 0.496 e. The van der Waals surface area contributed by atoms with E-state index in [2.05, 4.69) is 20.8 Å². The van der Waals surface area contributed by atoms with Gasteiger partial charge in [0.15, 0.2) is 0 Å². The number of carbonyl (C=O) groups excluding carboxylic acids is 4. The highest BCUT2D eigenvalue weighted by atomic mass is 16.5. The highest BCUT2D eigenvalue weighted by Gasteiger charge is 2.33. The average molecular weight is 743 g/mol. The first-order chi connectivity index (χ1) is 26.8. The third kappa shape index (κ3) is 8.35. The van der Waals surface area contributed by atoms with E-state index in [-0.39, 0.29) is 48.6 Å². The average Bonchev–Trinajstić information content (AvgIpc) is 4.00. The van der Waals surface area contributed by atoms with Crippen molar-refractivity contribution in [2.24, 2.45) is 0 Å². The smallest absolute Gasteiger partial charge is 0.257 e. The van der Waals surface area contributed by atoms with Crippen LogP contribution >= 0.6 is 0 Å². The normalized spacial score (nSPS) is 16.5. The summed E-state index contributed by atoms with van der Waals surface area (Å²) in [6, 6.07) is 28.0. The Morgan fingerprint density at radius 1 is 0.618 bits per heavy atom. The van der Waals surface area contributed by atoms with Crippen LogP contribution in [0.2, 0.25) is 0 Å². The molecule has 13 heteroatoms. The lowest BCUT2D eigenvalue weighted by Crippen LogP contribution is -2.38. The van der Waals surface area contributed by atoms with Crippen molar-refractivity contribution < 1.29 is 33.1 Å². The van der Waals surface area contributed by atoms with Gasteiger partial charge in [-0.25, -0.2) is 0 Å². The maximum atomic E-state index is 13.3. The van der Waals surface area contributed by atoms with Gasteiger partial charge in [-0.2, -0.15) is 0 Å². The summed E-state index contributed by atoms with van der Waals surface area (Å²) in [5.41, 5.74) is 3.54. The molecule has 0 aliphatic carbocycles. The van der Waals surface area contributed by atoms with Gasteiger partial charge < -0.3 is 34.3 Å². The number of nitrogens with one attached hydrogen (secondary N) is 2. The number of amides is 4. The van der Waals surface area contributed by atoms with Gasteiger partial charge in [0, 0.05) is 60.5 Å². The molecule has 3 heterocycles. The van der Waals surface area contributed by atoms with Crippen LogP contribution in [0.3, 0.4) is 0 Å². The predicted molar refractivity (Wildman–Crippen MR) is 206 cm³/mol. The Kier molecular flexibility index (Phi) is 11.2. The summed E-state index contributed by atoms with van der Waals surface area (Å²) < 4.78 is 16.7. The van der Waals surface area contributed by atoms with Gasteiger partial charge in [-0.15, -0.1) is 10.2 Å². The Labute approximate surface area is 318 Å². The van der Waals surface area contributed by atoms with Crippen LogP contribution < -0.4 is 20.1 Å². The van der Waals surface area contributed by atoms with Crippen LogP contribution in [0.15, 0.2) is 101 Å². The Balaban J connectivity index is 0.909. The molecule has 0 unspecified atom stereocenters. The fraction of sp³-hybridized carbons (Fsp3) is 0.286. The molecule has 2 aliphatic rings. The summed E-state index contributed by atoms with van der Waals surface area (Å²) in [6.07, 6.45) is 3.52. The molecule has 0 spiro atoms. The molecule has 4 aromatic carbocycles. The molecule has 1 aromatic heterocycles. The van der Waals surface area contributed by atoms with Crippen LogP contribution in [0.5, 0.6) is 11.5 Å². The van der Waals surface area contributed by atoms with Crippen LogP contribution in [0.25, 0.3) is 22.9 Å². The van der Waals surface area contributed by atoms with Gasteiger partial charge in [-0.1, -0.05) is 24.3 Å². The minimum absolute atomic E-state index is 0.137. The van der Waals surface area contributed by atoms with Crippen molar-refractivity contribution in [3.8, 4) is 34.4 Å². The summed E-state index contributed by atoms with van der Waals surface area (Å²) >= 11 is 0. The lowest BCUT2D eigenvalue weighted by atomic mass is 10.1. The number of benzene rings is 4. The minimum Gasteiger partial charge on any atom is -0.496 e. The topological polar surface area (TPSA) is 156 Å². The van der Waals surface area contributed by atoms with E-state index in [1.54, 1.807) is 94.7 Å². The fourth-order valence-electron chi connectivity index (χ4n) is 7.28. The predicted octanol–water partition coefficient (Wildman–Crippen LogP) is 6.69. The summed E-state index contributed by atoms with van der Waals surface area (Å²) in [7, 11) is 3.08. The zero-order valence-electron chi connectivity index (χ0n) is 30.7. The van der Waals surface area contributed by atoms with Crippen molar-refractivity contribution in [3.63, 3.8) is 0 Å². The molecule has 282 valence electrons. The molecule has 5 aromatic rings. The van der Waals surface area contributed by atoms with Crippen molar-refractivity contribution in [1.82, 2.24) is 20.0 Å². The molecular formula is C42H42N6O7. The summed E-state index contributed by atoms with van der Waals surface area (Å²) in [5, 5.41) is 14.3. The van der Waals surface area contributed by atoms with E-state index in [1.807, 2.05) is 12.1 Å². The minimum atomic E-state index is -0.204. The van der Waals surface area contributed by atoms with E-state index in [0.29, 0.717) is 70.0 Å². The van der Waals surface area contributed by atoms with E-state index in [4.69, 9.17) is 13.9 Å². The van der Waals surface area contributed by atoms with Crippen LogP contribution in [0.4, 0.5) is 11.4 Å². The first-order valence-corrected chi connectivity index (χ1v) is 18.3. The first kappa shape index (κ1) is 36.8. The maximum absolute atomic E-state index is 13.3. The second-order valence-corrected chi connectivity index (χ2v) is 13.6. The van der Waals surface area contributed by atoms with Gasteiger partial charge >= 0.3 is 0 Å². The molecule has 0 saturated carbocycles. The van der Waals surface area contributed by atoms with Crippen LogP contribution in [-0.4, -0.2) is 83.0 Å². The SMILES string of the molecule is COc1ccccc1C(=O)N1CCC[C@H]1CC(=O)Nc1ccc(-c2nnc(-c3ccc(NC(=O)C[C@@H]4CCCN4C(=O)c4ccccc4OC)cc3)o2)cc1. The number of anilines is 2.